The number of hydrogen-bond acceptors (Lipinski definition) is 7. The molecule has 7 nitrogen and oxygen atoms in total. The zero-order chi connectivity index (χ0) is 22.5. The van der Waals surface area contributed by atoms with E-state index in [1.165, 1.54) is 30.1 Å². The summed E-state index contributed by atoms with van der Waals surface area (Å²) < 4.78 is 11.0. The van der Waals surface area contributed by atoms with Crippen molar-refractivity contribution in [3.63, 3.8) is 0 Å². The van der Waals surface area contributed by atoms with Gasteiger partial charge in [0.1, 0.15) is 11.9 Å². The molecule has 2 aromatic rings. The first kappa shape index (κ1) is 20.7. The fourth-order valence-corrected chi connectivity index (χ4v) is 5.38. The van der Waals surface area contributed by atoms with Crippen molar-refractivity contribution in [3.8, 4) is 5.88 Å². The van der Waals surface area contributed by atoms with Crippen LogP contribution in [0, 0.1) is 5.41 Å². The van der Waals surface area contributed by atoms with Crippen LogP contribution in [0.1, 0.15) is 63.5 Å². The summed E-state index contributed by atoms with van der Waals surface area (Å²) in [4.78, 5) is 24.9. The molecule has 1 saturated carbocycles. The van der Waals surface area contributed by atoms with E-state index >= 15 is 0 Å². The Morgan fingerprint density at radius 3 is 2.59 bits per heavy atom. The molecule has 1 atom stereocenters. The molecule has 166 valence electrons. The number of carbonyl (C=O) groups excluding carboxylic acids is 1. The number of aliphatic imine (C=N–C) groups is 1. The number of carbonyl (C=O) groups is 1. The van der Waals surface area contributed by atoms with Crippen LogP contribution in [0.5, 0.6) is 5.88 Å². The van der Waals surface area contributed by atoms with E-state index in [9.17, 15) is 4.79 Å². The summed E-state index contributed by atoms with van der Waals surface area (Å²) in [6, 6.07) is 8.54. The first-order valence-corrected chi connectivity index (χ1v) is 11.1. The number of benzene rings is 1. The van der Waals surface area contributed by atoms with Crippen molar-refractivity contribution in [2.45, 2.75) is 58.0 Å². The Kier molecular flexibility index (Phi) is 4.80. The van der Waals surface area contributed by atoms with Gasteiger partial charge >= 0.3 is 5.97 Å². The molecule has 0 spiro atoms. The molecule has 7 heteroatoms. The molecule has 2 bridgehead atoms. The van der Waals surface area contributed by atoms with Crippen molar-refractivity contribution in [3.05, 3.63) is 47.3 Å². The van der Waals surface area contributed by atoms with Crippen molar-refractivity contribution >= 4 is 28.8 Å². The number of rotatable bonds is 4. The number of ether oxygens (including phenoxy) is 2. The molecule has 1 unspecified atom stereocenters. The molecule has 2 N–H and O–H groups in total. The van der Waals surface area contributed by atoms with Gasteiger partial charge in [-0.15, -0.1) is 0 Å². The first-order valence-electron chi connectivity index (χ1n) is 11.1. The molecule has 1 aliphatic heterocycles. The van der Waals surface area contributed by atoms with Crippen LogP contribution in [0.15, 0.2) is 41.2 Å². The van der Waals surface area contributed by atoms with Gasteiger partial charge in [0.25, 0.3) is 0 Å². The minimum Gasteiger partial charge on any atom is -0.469 e. The molecular weight excluding hydrogens is 404 g/mol. The van der Waals surface area contributed by atoms with Crippen molar-refractivity contribution in [2.75, 3.05) is 12.8 Å². The SMILES string of the molecule is COC(=O)CC12CCC(=C(c3ccc(C4=Nc5c(N)ncnc5OC4(C)C)cc3)CC1)C2. The molecule has 1 fully saturated rings. The highest BCUT2D eigenvalue weighted by molar-refractivity contribution is 6.09. The molecule has 0 radical (unpaired) electrons. The van der Waals surface area contributed by atoms with Gasteiger partial charge in [0.15, 0.2) is 11.5 Å². The lowest BCUT2D eigenvalue weighted by atomic mass is 9.73. The number of nitrogens with two attached hydrogens (primary N) is 1. The van der Waals surface area contributed by atoms with Crippen LogP contribution in [-0.2, 0) is 9.53 Å². The van der Waals surface area contributed by atoms with E-state index in [0.717, 1.165) is 43.4 Å². The van der Waals surface area contributed by atoms with Crippen LogP contribution in [-0.4, -0.2) is 34.4 Å². The van der Waals surface area contributed by atoms with Gasteiger partial charge in [-0.2, -0.15) is 4.98 Å². The molecule has 0 amide bonds. The van der Waals surface area contributed by atoms with Crippen molar-refractivity contribution in [2.24, 2.45) is 10.4 Å². The second kappa shape index (κ2) is 7.43. The summed E-state index contributed by atoms with van der Waals surface area (Å²) in [5.74, 6) is 0.629. The predicted molar refractivity (Wildman–Crippen MR) is 123 cm³/mol. The Labute approximate surface area is 187 Å². The van der Waals surface area contributed by atoms with E-state index < -0.39 is 5.60 Å². The highest BCUT2D eigenvalue weighted by Gasteiger charge is 2.42. The maximum Gasteiger partial charge on any atom is 0.306 e. The third kappa shape index (κ3) is 3.45. The fourth-order valence-electron chi connectivity index (χ4n) is 5.38. The molecule has 3 aliphatic rings. The predicted octanol–water partition coefficient (Wildman–Crippen LogP) is 4.63. The average molecular weight is 433 g/mol. The number of nitrogens with zero attached hydrogens (tertiary/aromatic N) is 3. The Balaban J connectivity index is 1.43. The number of aromatic nitrogens is 2. The molecule has 2 aliphatic carbocycles. The summed E-state index contributed by atoms with van der Waals surface area (Å²) in [5.41, 5.74) is 11.9. The Hall–Kier alpha value is -3.22. The quantitative estimate of drug-likeness (QED) is 0.707. The van der Waals surface area contributed by atoms with E-state index in [1.54, 1.807) is 0 Å². The standard InChI is InChI=1S/C25H28N4O3/c1-24(2)21(29-20-22(26)27-14-28-23(20)32-24)16-6-4-15(5-7-16)18-9-11-25(13-19(30)31-3)10-8-17(18)12-25/h4-7,14H,8-13H2,1-3H3,(H2,26,27,28). The van der Waals surface area contributed by atoms with Gasteiger partial charge in [-0.05, 0) is 62.5 Å². The second-order valence-electron chi connectivity index (χ2n) is 9.57. The van der Waals surface area contributed by atoms with Gasteiger partial charge < -0.3 is 15.2 Å². The van der Waals surface area contributed by atoms with Crippen molar-refractivity contribution in [1.82, 2.24) is 9.97 Å². The maximum atomic E-state index is 11.9. The van der Waals surface area contributed by atoms with Crippen LogP contribution in [0.4, 0.5) is 11.5 Å². The molecule has 1 aromatic heterocycles. The smallest absolute Gasteiger partial charge is 0.306 e. The maximum absolute atomic E-state index is 11.9. The molecule has 0 saturated heterocycles. The minimum atomic E-state index is -0.638. The normalized spacial score (nSPS) is 23.3. The van der Waals surface area contributed by atoms with E-state index in [0.29, 0.717) is 23.8 Å². The monoisotopic (exact) mass is 432 g/mol. The third-order valence-electron chi connectivity index (χ3n) is 7.09. The Bertz CT molecular complexity index is 1150. The van der Waals surface area contributed by atoms with Gasteiger partial charge in [-0.3, -0.25) is 4.79 Å². The number of esters is 1. The zero-order valence-electron chi connectivity index (χ0n) is 18.8. The minimum absolute atomic E-state index is 0.0928. The van der Waals surface area contributed by atoms with E-state index in [-0.39, 0.29) is 11.4 Å². The zero-order valence-corrected chi connectivity index (χ0v) is 18.8. The van der Waals surface area contributed by atoms with E-state index in [1.807, 2.05) is 13.8 Å². The first-order chi connectivity index (χ1) is 15.3. The summed E-state index contributed by atoms with van der Waals surface area (Å²) in [6.07, 6.45) is 7.10. The van der Waals surface area contributed by atoms with Crippen molar-refractivity contribution < 1.29 is 14.3 Å². The Morgan fingerprint density at radius 1 is 1.12 bits per heavy atom. The number of anilines is 1. The number of methoxy groups -OCH3 is 1. The highest BCUT2D eigenvalue weighted by atomic mass is 16.5. The molecule has 32 heavy (non-hydrogen) atoms. The third-order valence-corrected chi connectivity index (χ3v) is 7.09. The molecule has 1 aromatic carbocycles. The summed E-state index contributed by atoms with van der Waals surface area (Å²) in [6.45, 7) is 3.96. The lowest BCUT2D eigenvalue weighted by molar-refractivity contribution is -0.143. The highest BCUT2D eigenvalue weighted by Crippen LogP contribution is 2.55. The van der Waals surface area contributed by atoms with Gasteiger partial charge in [-0.1, -0.05) is 29.8 Å². The number of fused-ring (bicyclic) bond motifs is 3. The fraction of sp³-hybridized carbons (Fsp3) is 0.440. The van der Waals surface area contributed by atoms with Gasteiger partial charge in [-0.25, -0.2) is 9.98 Å². The van der Waals surface area contributed by atoms with Crippen LogP contribution < -0.4 is 10.5 Å². The number of nitrogen functional groups attached to an aromatic ring is 1. The van der Waals surface area contributed by atoms with Crippen LogP contribution in [0.25, 0.3) is 5.57 Å². The van der Waals surface area contributed by atoms with Crippen LogP contribution in [0.3, 0.4) is 0 Å². The Morgan fingerprint density at radius 2 is 1.84 bits per heavy atom. The molecule has 5 rings (SSSR count). The van der Waals surface area contributed by atoms with E-state index in [4.69, 9.17) is 20.2 Å². The lowest BCUT2D eigenvalue weighted by Gasteiger charge is -2.32. The second-order valence-corrected chi connectivity index (χ2v) is 9.57. The van der Waals surface area contributed by atoms with Gasteiger partial charge in [0, 0.05) is 5.56 Å². The van der Waals surface area contributed by atoms with E-state index in [2.05, 4.69) is 34.2 Å². The topological polar surface area (TPSA) is 99.7 Å². The van der Waals surface area contributed by atoms with Crippen molar-refractivity contribution in [1.29, 1.82) is 0 Å². The van der Waals surface area contributed by atoms with Gasteiger partial charge in [0.2, 0.25) is 5.88 Å². The summed E-state index contributed by atoms with van der Waals surface area (Å²) in [5, 5.41) is 0. The summed E-state index contributed by atoms with van der Waals surface area (Å²) >= 11 is 0. The average Bonchev–Trinajstić information content (AvgIpc) is 3.09. The molecule has 2 heterocycles. The number of hydrogen-bond donors (Lipinski definition) is 1. The largest absolute Gasteiger partial charge is 0.469 e. The van der Waals surface area contributed by atoms with Crippen LogP contribution >= 0.6 is 0 Å². The molecular formula is C25H28N4O3. The lowest BCUT2D eigenvalue weighted by Crippen LogP contribution is -2.41. The number of allylic oxidation sites excluding steroid dienone is 2. The van der Waals surface area contributed by atoms with Gasteiger partial charge in [0.05, 0.1) is 19.2 Å². The van der Waals surface area contributed by atoms with Crippen LogP contribution in [0.2, 0.25) is 0 Å². The summed E-state index contributed by atoms with van der Waals surface area (Å²) in [7, 11) is 1.48.